The molecule has 1 aromatic rings. The van der Waals surface area contributed by atoms with E-state index < -0.39 is 24.3 Å². The van der Waals surface area contributed by atoms with E-state index in [-0.39, 0.29) is 36.9 Å². The Morgan fingerprint density at radius 2 is 1.85 bits per heavy atom. The molecule has 0 radical (unpaired) electrons. The summed E-state index contributed by atoms with van der Waals surface area (Å²) in [5.41, 5.74) is 5.30. The van der Waals surface area contributed by atoms with Crippen molar-refractivity contribution in [1.29, 1.82) is 0 Å². The zero-order valence-corrected chi connectivity index (χ0v) is 29.9. The molecule has 3 rings (SSSR count). The van der Waals surface area contributed by atoms with Gasteiger partial charge in [-0.1, -0.05) is 101 Å². The van der Waals surface area contributed by atoms with Gasteiger partial charge in [-0.2, -0.15) is 0 Å². The van der Waals surface area contributed by atoms with E-state index in [4.69, 9.17) is 0 Å². The van der Waals surface area contributed by atoms with E-state index in [2.05, 4.69) is 49.2 Å². The average Bonchev–Trinajstić information content (AvgIpc) is 3.51. The number of aliphatic hydroxyl groups excluding tert-OH is 4. The second kappa shape index (κ2) is 20.9. The van der Waals surface area contributed by atoms with Gasteiger partial charge in [-0.25, -0.2) is 0 Å². The first-order chi connectivity index (χ1) is 23.1. The Morgan fingerprint density at radius 3 is 2.52 bits per heavy atom. The monoisotopic (exact) mass is 665 g/mol. The minimum atomic E-state index is -0.948. The van der Waals surface area contributed by atoms with Gasteiger partial charge in [0.2, 0.25) is 0 Å². The van der Waals surface area contributed by atoms with Crippen LogP contribution in [-0.4, -0.2) is 68.5 Å². The summed E-state index contributed by atoms with van der Waals surface area (Å²) in [6, 6.07) is 5.82. The van der Waals surface area contributed by atoms with Crippen LogP contribution in [0.3, 0.4) is 0 Å². The molecule has 1 aliphatic heterocycles. The number of hydrogen-bond donors (Lipinski definition) is 6. The number of hydrogen-bond acceptors (Lipinski definition) is 6. The highest BCUT2D eigenvalue weighted by molar-refractivity contribution is 5.67. The average molecular weight is 666 g/mol. The lowest BCUT2D eigenvalue weighted by Crippen LogP contribution is -2.46. The maximum atomic E-state index is 11.7. The third-order valence-corrected chi connectivity index (χ3v) is 10.6. The van der Waals surface area contributed by atoms with Gasteiger partial charge < -0.3 is 30.8 Å². The van der Waals surface area contributed by atoms with Crippen LogP contribution < -0.4 is 5.32 Å². The van der Waals surface area contributed by atoms with Crippen LogP contribution in [0.25, 0.3) is 0 Å². The first kappa shape index (κ1) is 40.0. The van der Waals surface area contributed by atoms with Gasteiger partial charge in [-0.15, -0.1) is 0 Å². The second-order valence-corrected chi connectivity index (χ2v) is 14.4. The lowest BCUT2D eigenvalue weighted by Gasteiger charge is -2.32. The summed E-state index contributed by atoms with van der Waals surface area (Å²) in [6.07, 6.45) is 16.2. The SMILES string of the molecule is CCCCCC(O)C=CC1=C(CC(O)CO)C(CCCCC2(CC(=O)O)CCCC2)NC(C(C)O)CC#Cc2c(CC)cccc2CC1. The lowest BCUT2D eigenvalue weighted by atomic mass is 9.77. The molecule has 268 valence electrons. The molecule has 5 unspecified atom stereocenters. The van der Waals surface area contributed by atoms with Gasteiger partial charge in [-0.3, -0.25) is 4.79 Å². The summed E-state index contributed by atoms with van der Waals surface area (Å²) in [7, 11) is 0. The molecule has 0 spiro atoms. The number of fused-ring (bicyclic) bond motifs is 1. The minimum Gasteiger partial charge on any atom is -0.481 e. The van der Waals surface area contributed by atoms with Crippen LogP contribution in [0, 0.1) is 17.3 Å². The first-order valence-electron chi connectivity index (χ1n) is 18.7. The molecule has 1 saturated carbocycles. The van der Waals surface area contributed by atoms with Gasteiger partial charge in [-0.05, 0) is 92.4 Å². The fourth-order valence-electron chi connectivity index (χ4n) is 7.72. The molecule has 5 atom stereocenters. The van der Waals surface area contributed by atoms with Crippen molar-refractivity contribution in [3.05, 3.63) is 58.2 Å². The fraction of sp³-hybridized carbons (Fsp3) is 0.683. The molecule has 1 aliphatic carbocycles. The zero-order chi connectivity index (χ0) is 34.9. The molecule has 0 aromatic heterocycles. The number of aliphatic carboxylic acids is 1. The van der Waals surface area contributed by atoms with Crippen LogP contribution in [0.15, 0.2) is 41.5 Å². The smallest absolute Gasteiger partial charge is 0.303 e. The van der Waals surface area contributed by atoms with Crippen molar-refractivity contribution in [3.8, 4) is 11.8 Å². The van der Waals surface area contributed by atoms with E-state index in [9.17, 15) is 30.3 Å². The molecule has 0 amide bonds. The van der Waals surface area contributed by atoms with Gasteiger partial charge >= 0.3 is 5.97 Å². The van der Waals surface area contributed by atoms with E-state index >= 15 is 0 Å². The summed E-state index contributed by atoms with van der Waals surface area (Å²) in [6.45, 7) is 5.70. The predicted molar refractivity (Wildman–Crippen MR) is 194 cm³/mol. The minimum absolute atomic E-state index is 0.123. The largest absolute Gasteiger partial charge is 0.481 e. The highest BCUT2D eigenvalue weighted by Gasteiger charge is 2.35. The summed E-state index contributed by atoms with van der Waals surface area (Å²) in [5.74, 6) is 6.11. The standard InChI is InChI=1S/C41H63NO6/c1-4-6-7-16-34(45)23-22-33-21-20-32-15-12-14-31(5-2)36(32)17-13-19-38(30(3)44)42-39(37(33)27-35(46)29-43)18-8-9-24-41(28-40(47)48)25-10-11-26-41/h12,14-15,22-23,30,34-35,38-39,42-46H,4-11,16,18-21,24-29H2,1-3H3,(H,47,48). The number of aliphatic hydroxyl groups is 4. The lowest BCUT2D eigenvalue weighted by molar-refractivity contribution is -0.139. The summed E-state index contributed by atoms with van der Waals surface area (Å²) in [5, 5.41) is 56.1. The molecule has 1 heterocycles. The van der Waals surface area contributed by atoms with Crippen LogP contribution in [-0.2, 0) is 17.6 Å². The zero-order valence-electron chi connectivity index (χ0n) is 29.9. The van der Waals surface area contributed by atoms with Crippen molar-refractivity contribution < 1.29 is 30.3 Å². The number of aryl methyl sites for hydroxylation is 2. The summed E-state index contributed by atoms with van der Waals surface area (Å²) >= 11 is 0. The summed E-state index contributed by atoms with van der Waals surface area (Å²) < 4.78 is 0. The van der Waals surface area contributed by atoms with Crippen molar-refractivity contribution in [3.63, 3.8) is 0 Å². The Hall–Kier alpha value is -2.47. The topological polar surface area (TPSA) is 130 Å². The maximum Gasteiger partial charge on any atom is 0.303 e. The number of unbranched alkanes of at least 4 members (excludes halogenated alkanes) is 3. The number of rotatable bonds is 18. The van der Waals surface area contributed by atoms with E-state index in [1.807, 2.05) is 12.2 Å². The Balaban J connectivity index is 2.04. The molecule has 0 bridgehead atoms. The Labute approximate surface area is 289 Å². The molecule has 1 fully saturated rings. The molecule has 2 aliphatic rings. The fourth-order valence-corrected chi connectivity index (χ4v) is 7.72. The molecule has 48 heavy (non-hydrogen) atoms. The Kier molecular flexibility index (Phi) is 17.4. The van der Waals surface area contributed by atoms with Crippen LogP contribution in [0.1, 0.15) is 140 Å². The highest BCUT2D eigenvalue weighted by atomic mass is 16.4. The molecule has 6 N–H and O–H groups in total. The van der Waals surface area contributed by atoms with E-state index in [0.29, 0.717) is 19.3 Å². The van der Waals surface area contributed by atoms with Crippen molar-refractivity contribution in [2.24, 2.45) is 5.41 Å². The maximum absolute atomic E-state index is 11.7. The third-order valence-electron chi connectivity index (χ3n) is 10.6. The number of carboxylic acids is 1. The number of carbonyl (C=O) groups is 1. The quantitative estimate of drug-likeness (QED) is 0.0754. The molecule has 7 heteroatoms. The molecule has 0 saturated heterocycles. The van der Waals surface area contributed by atoms with Gasteiger partial charge in [0.05, 0.1) is 31.3 Å². The Bertz CT molecular complexity index is 1250. The third kappa shape index (κ3) is 12.8. The van der Waals surface area contributed by atoms with Crippen LogP contribution in [0.5, 0.6) is 0 Å². The second-order valence-electron chi connectivity index (χ2n) is 14.4. The molecular weight excluding hydrogens is 602 g/mol. The normalized spacial score (nSPS) is 21.9. The number of benzene rings is 1. The van der Waals surface area contributed by atoms with Crippen molar-refractivity contribution in [1.82, 2.24) is 5.32 Å². The Morgan fingerprint density at radius 1 is 1.08 bits per heavy atom. The molecule has 1 aromatic carbocycles. The first-order valence-corrected chi connectivity index (χ1v) is 18.7. The van der Waals surface area contributed by atoms with Crippen molar-refractivity contribution >= 4 is 5.97 Å². The van der Waals surface area contributed by atoms with Gasteiger partial charge in [0.25, 0.3) is 0 Å². The van der Waals surface area contributed by atoms with Gasteiger partial charge in [0.15, 0.2) is 0 Å². The number of carboxylic acid groups (broad SMARTS) is 1. The van der Waals surface area contributed by atoms with E-state index in [1.165, 1.54) is 5.56 Å². The van der Waals surface area contributed by atoms with E-state index in [0.717, 1.165) is 106 Å². The van der Waals surface area contributed by atoms with Crippen molar-refractivity contribution in [2.75, 3.05) is 6.61 Å². The predicted octanol–water partition coefficient (Wildman–Crippen LogP) is 6.78. The molecular formula is C41H63NO6. The van der Waals surface area contributed by atoms with Gasteiger partial charge in [0, 0.05) is 24.1 Å². The van der Waals surface area contributed by atoms with Crippen LogP contribution in [0.2, 0.25) is 0 Å². The van der Waals surface area contributed by atoms with Gasteiger partial charge in [0.1, 0.15) is 0 Å². The van der Waals surface area contributed by atoms with Crippen molar-refractivity contribution in [2.45, 2.75) is 167 Å². The van der Waals surface area contributed by atoms with Crippen LogP contribution in [0.4, 0.5) is 0 Å². The summed E-state index contributed by atoms with van der Waals surface area (Å²) in [4.78, 5) is 11.7. The number of nitrogens with one attached hydrogen (secondary N) is 1. The van der Waals surface area contributed by atoms with Crippen LogP contribution >= 0.6 is 0 Å². The highest BCUT2D eigenvalue weighted by Crippen LogP contribution is 2.45. The number of allylic oxidation sites excluding steroid dienone is 2. The molecule has 7 nitrogen and oxygen atoms in total. The van der Waals surface area contributed by atoms with E-state index in [1.54, 1.807) is 6.92 Å².